The van der Waals surface area contributed by atoms with Gasteiger partial charge in [0.2, 0.25) is 0 Å². The average Bonchev–Trinajstić information content (AvgIpc) is 3.47. The molecule has 0 saturated heterocycles. The highest BCUT2D eigenvalue weighted by Crippen LogP contribution is 2.38. The maximum atomic E-state index is 5.01. The highest BCUT2D eigenvalue weighted by atomic mass is 32.1. The molecule has 0 fully saturated rings. The summed E-state index contributed by atoms with van der Waals surface area (Å²) in [6.45, 7) is 16.2. The number of nitrogens with zero attached hydrogens (tertiary/aromatic N) is 2. The molecule has 0 N–H and O–H groups in total. The molecular weight excluding hydrogens is 372 g/mol. The molecule has 146 valence electrons. The van der Waals surface area contributed by atoms with Crippen LogP contribution in [0, 0.1) is 13.8 Å². The van der Waals surface area contributed by atoms with Crippen LogP contribution in [-0.2, 0) is 0 Å². The minimum Gasteiger partial charge on any atom is -0.243 e. The lowest BCUT2D eigenvalue weighted by atomic mass is 10.1. The Morgan fingerprint density at radius 3 is 1.26 bits per heavy atom. The van der Waals surface area contributed by atoms with Crippen LogP contribution >= 0.6 is 22.7 Å². The Hall–Kier alpha value is -1.98. The van der Waals surface area contributed by atoms with Gasteiger partial charge >= 0.3 is 0 Å². The van der Waals surface area contributed by atoms with E-state index in [1.807, 2.05) is 41.5 Å². The molecule has 1 aromatic carbocycles. The fourth-order valence-electron chi connectivity index (χ4n) is 2.42. The van der Waals surface area contributed by atoms with Crippen LogP contribution < -0.4 is 0 Å². The second-order valence-corrected chi connectivity index (χ2v) is 7.52. The van der Waals surface area contributed by atoms with Crippen molar-refractivity contribution in [3.8, 4) is 20.9 Å². The van der Waals surface area contributed by atoms with Crippen LogP contribution in [0.1, 0.15) is 51.3 Å². The zero-order valence-corrected chi connectivity index (χ0v) is 19.2. The summed E-state index contributed by atoms with van der Waals surface area (Å²) in [5.74, 6) is 0. The molecule has 0 aliphatic carbocycles. The van der Waals surface area contributed by atoms with Gasteiger partial charge in [-0.05, 0) is 48.4 Å². The monoisotopic (exact) mass is 402 g/mol. The molecule has 27 heavy (non-hydrogen) atoms. The van der Waals surface area contributed by atoms with E-state index in [1.54, 1.807) is 22.7 Å². The molecule has 4 rings (SSSR count). The smallest absolute Gasteiger partial charge is 0.144 e. The van der Waals surface area contributed by atoms with E-state index >= 15 is 0 Å². The lowest BCUT2D eigenvalue weighted by molar-refractivity contribution is 0.315. The maximum Gasteiger partial charge on any atom is 0.144 e. The first-order valence-corrected chi connectivity index (χ1v) is 11.2. The van der Waals surface area contributed by atoms with Crippen LogP contribution in [0.4, 0.5) is 0 Å². The van der Waals surface area contributed by atoms with Crippen LogP contribution in [0.15, 0.2) is 41.0 Å². The number of aromatic nitrogens is 2. The van der Waals surface area contributed by atoms with E-state index in [1.165, 1.54) is 19.5 Å². The number of thiophene rings is 2. The minimum atomic E-state index is 0.834. The first-order chi connectivity index (χ1) is 13.2. The van der Waals surface area contributed by atoms with Gasteiger partial charge in [0.1, 0.15) is 11.0 Å². The van der Waals surface area contributed by atoms with Crippen molar-refractivity contribution in [2.24, 2.45) is 0 Å². The van der Waals surface area contributed by atoms with Gasteiger partial charge in [0, 0.05) is 30.6 Å². The SMILES string of the molecule is CC.CC.CC.Cc1ccc(-c2ccc(-c3ccc(C)s3)c3nonc23)s1. The van der Waals surface area contributed by atoms with Crippen molar-refractivity contribution in [3.05, 3.63) is 46.2 Å². The highest BCUT2D eigenvalue weighted by molar-refractivity contribution is 7.16. The lowest BCUT2D eigenvalue weighted by Crippen LogP contribution is -1.81. The Morgan fingerprint density at radius 2 is 0.963 bits per heavy atom. The molecule has 0 radical (unpaired) electrons. The summed E-state index contributed by atoms with van der Waals surface area (Å²) < 4.78 is 5.01. The van der Waals surface area contributed by atoms with Gasteiger partial charge in [-0.15, -0.1) is 22.7 Å². The Kier molecular flexibility index (Phi) is 9.97. The number of hydrogen-bond acceptors (Lipinski definition) is 5. The highest BCUT2D eigenvalue weighted by Gasteiger charge is 2.16. The van der Waals surface area contributed by atoms with Crippen LogP contribution in [-0.4, -0.2) is 10.3 Å². The zero-order valence-electron chi connectivity index (χ0n) is 17.6. The Labute approximate surface area is 171 Å². The third kappa shape index (κ3) is 5.27. The first kappa shape index (κ1) is 23.1. The molecule has 0 unspecified atom stereocenters. The van der Waals surface area contributed by atoms with Gasteiger partial charge in [-0.1, -0.05) is 53.7 Å². The Morgan fingerprint density at radius 1 is 0.593 bits per heavy atom. The summed E-state index contributed by atoms with van der Waals surface area (Å²) in [5.41, 5.74) is 3.84. The van der Waals surface area contributed by atoms with E-state index in [0.717, 1.165) is 22.2 Å². The van der Waals surface area contributed by atoms with Gasteiger partial charge in [-0.3, -0.25) is 0 Å². The molecule has 0 atom stereocenters. The van der Waals surface area contributed by atoms with E-state index in [2.05, 4.69) is 60.6 Å². The van der Waals surface area contributed by atoms with Crippen LogP contribution in [0.3, 0.4) is 0 Å². The van der Waals surface area contributed by atoms with Gasteiger partial charge in [-0.25, -0.2) is 4.63 Å². The number of benzene rings is 1. The Bertz CT molecular complexity index is 861. The van der Waals surface area contributed by atoms with Gasteiger partial charge in [-0.2, -0.15) is 0 Å². The van der Waals surface area contributed by atoms with Crippen molar-refractivity contribution < 1.29 is 4.63 Å². The summed E-state index contributed by atoms with van der Waals surface area (Å²) in [5, 5.41) is 8.24. The van der Waals surface area contributed by atoms with Crippen LogP contribution in [0.25, 0.3) is 31.9 Å². The number of rotatable bonds is 2. The van der Waals surface area contributed by atoms with Crippen LogP contribution in [0.2, 0.25) is 0 Å². The van der Waals surface area contributed by atoms with Crippen LogP contribution in [0.5, 0.6) is 0 Å². The number of aryl methyl sites for hydroxylation is 2. The predicted octanol–water partition coefficient (Wildman–Crippen LogP) is 8.38. The average molecular weight is 403 g/mol. The molecule has 0 amide bonds. The fourth-order valence-corrected chi connectivity index (χ4v) is 4.21. The molecular formula is C22H30N2OS2. The topological polar surface area (TPSA) is 38.9 Å². The largest absolute Gasteiger partial charge is 0.243 e. The van der Waals surface area contributed by atoms with E-state index in [4.69, 9.17) is 4.63 Å². The van der Waals surface area contributed by atoms with Crippen molar-refractivity contribution in [1.82, 2.24) is 10.3 Å². The molecule has 0 aliphatic rings. The molecule has 0 spiro atoms. The van der Waals surface area contributed by atoms with Crippen molar-refractivity contribution >= 4 is 33.7 Å². The second-order valence-electron chi connectivity index (χ2n) is 4.94. The van der Waals surface area contributed by atoms with Crippen molar-refractivity contribution in [3.63, 3.8) is 0 Å². The molecule has 3 nitrogen and oxygen atoms in total. The minimum absolute atomic E-state index is 0.834. The summed E-state index contributed by atoms with van der Waals surface area (Å²) in [4.78, 5) is 4.96. The number of fused-ring (bicyclic) bond motifs is 1. The molecule has 5 heteroatoms. The third-order valence-corrected chi connectivity index (χ3v) is 5.50. The summed E-state index contributed by atoms with van der Waals surface area (Å²) >= 11 is 3.52. The summed E-state index contributed by atoms with van der Waals surface area (Å²) in [6, 6.07) is 12.7. The standard InChI is InChI=1S/C16H12N2OS2.3C2H6/c1-9-3-7-13(20-9)11-5-6-12(14-8-4-10(2)21-14)16-15(11)17-19-18-16;3*1-2/h3-8H,1-2H3;3*1-2H3. The van der Waals surface area contributed by atoms with Gasteiger partial charge in [0.05, 0.1) is 0 Å². The molecule has 0 aliphatic heterocycles. The fraction of sp³-hybridized carbons (Fsp3) is 0.364. The molecule has 4 aromatic rings. The van der Waals surface area contributed by atoms with Crippen molar-refractivity contribution in [1.29, 1.82) is 0 Å². The van der Waals surface area contributed by atoms with E-state index in [9.17, 15) is 0 Å². The molecule has 3 aromatic heterocycles. The predicted molar refractivity (Wildman–Crippen MR) is 122 cm³/mol. The quantitative estimate of drug-likeness (QED) is 0.338. The Balaban J connectivity index is 0.000000556. The zero-order chi connectivity index (χ0) is 20.4. The van der Waals surface area contributed by atoms with E-state index in [-0.39, 0.29) is 0 Å². The molecule has 3 heterocycles. The summed E-state index contributed by atoms with van der Waals surface area (Å²) in [7, 11) is 0. The van der Waals surface area contributed by atoms with E-state index < -0.39 is 0 Å². The maximum absolute atomic E-state index is 5.01. The van der Waals surface area contributed by atoms with Crippen molar-refractivity contribution in [2.75, 3.05) is 0 Å². The lowest BCUT2D eigenvalue weighted by Gasteiger charge is -2.02. The van der Waals surface area contributed by atoms with Gasteiger partial charge in [0.15, 0.2) is 0 Å². The van der Waals surface area contributed by atoms with Gasteiger partial charge < -0.3 is 0 Å². The third-order valence-electron chi connectivity index (χ3n) is 3.43. The first-order valence-electron chi connectivity index (χ1n) is 9.61. The molecule has 0 saturated carbocycles. The summed E-state index contributed by atoms with van der Waals surface area (Å²) in [6.07, 6.45) is 0. The van der Waals surface area contributed by atoms with Gasteiger partial charge in [0.25, 0.3) is 0 Å². The van der Waals surface area contributed by atoms with E-state index in [0.29, 0.717) is 0 Å². The second kappa shape index (κ2) is 11.7. The van der Waals surface area contributed by atoms with Crippen molar-refractivity contribution in [2.45, 2.75) is 55.4 Å². The number of hydrogen-bond donors (Lipinski definition) is 0. The molecule has 0 bridgehead atoms. The normalized spacial score (nSPS) is 9.48.